The summed E-state index contributed by atoms with van der Waals surface area (Å²) in [7, 11) is 0. The third kappa shape index (κ3) is 3.30. The van der Waals surface area contributed by atoms with E-state index < -0.39 is 0 Å². The molecule has 1 aliphatic rings. The summed E-state index contributed by atoms with van der Waals surface area (Å²) in [6, 6.07) is 13.0. The Morgan fingerprint density at radius 1 is 1.12 bits per heavy atom. The summed E-state index contributed by atoms with van der Waals surface area (Å²) in [6.45, 7) is 3.43. The van der Waals surface area contributed by atoms with Crippen LogP contribution in [-0.2, 0) is 0 Å². The van der Waals surface area contributed by atoms with Gasteiger partial charge in [-0.05, 0) is 48.9 Å². The number of nitrogens with one attached hydrogen (secondary N) is 3. The van der Waals surface area contributed by atoms with Crippen molar-refractivity contribution in [3.63, 3.8) is 0 Å². The highest BCUT2D eigenvalue weighted by atomic mass is 35.5. The fourth-order valence-corrected chi connectivity index (χ4v) is 3.63. The normalized spacial score (nSPS) is 17.3. The first-order valence-corrected chi connectivity index (χ1v) is 9.31. The molecule has 0 amide bonds. The van der Waals surface area contributed by atoms with Crippen LogP contribution in [0.15, 0.2) is 59.2 Å². The van der Waals surface area contributed by atoms with Crippen molar-refractivity contribution in [3.8, 4) is 0 Å². The molecule has 0 spiro atoms. The van der Waals surface area contributed by atoms with E-state index in [2.05, 4.69) is 64.2 Å². The Balaban J connectivity index is 1.65. The van der Waals surface area contributed by atoms with E-state index in [-0.39, 0.29) is 6.04 Å². The highest BCUT2D eigenvalue weighted by molar-refractivity contribution is 6.30. The van der Waals surface area contributed by atoms with E-state index in [4.69, 9.17) is 17.3 Å². The highest BCUT2D eigenvalue weighted by Crippen LogP contribution is 2.31. The number of halogens is 1. The number of fused-ring (bicyclic) bond motifs is 3. The summed E-state index contributed by atoms with van der Waals surface area (Å²) in [5.74, 6) is 0. The second-order valence-electron chi connectivity index (χ2n) is 6.76. The van der Waals surface area contributed by atoms with Crippen molar-refractivity contribution in [2.75, 3.05) is 23.7 Å². The van der Waals surface area contributed by atoms with Crippen LogP contribution >= 0.6 is 11.6 Å². The third-order valence-electron chi connectivity index (χ3n) is 4.83. The van der Waals surface area contributed by atoms with E-state index in [1.807, 2.05) is 6.92 Å². The van der Waals surface area contributed by atoms with Crippen LogP contribution in [0.4, 0.5) is 11.4 Å². The molecule has 26 heavy (non-hydrogen) atoms. The number of H-pyrrole nitrogens is 1. The predicted molar refractivity (Wildman–Crippen MR) is 113 cm³/mol. The lowest BCUT2D eigenvalue weighted by molar-refractivity contribution is 0.861. The maximum atomic E-state index is 6.31. The molecule has 1 aliphatic carbocycles. The number of allylic oxidation sites excluding steroid dienone is 2. The van der Waals surface area contributed by atoms with Crippen LogP contribution in [0.3, 0.4) is 0 Å². The Kier molecular flexibility index (Phi) is 4.62. The lowest BCUT2D eigenvalue weighted by Gasteiger charge is -2.20. The number of anilines is 2. The minimum atomic E-state index is 0.218. The topological polar surface area (TPSA) is 65.9 Å². The van der Waals surface area contributed by atoms with Crippen molar-refractivity contribution in [1.82, 2.24) is 4.98 Å². The Labute approximate surface area is 158 Å². The Bertz CT molecular complexity index is 1020. The predicted octanol–water partition coefficient (Wildman–Crippen LogP) is 4.94. The van der Waals surface area contributed by atoms with Gasteiger partial charge in [-0.25, -0.2) is 0 Å². The van der Waals surface area contributed by atoms with Gasteiger partial charge in [0.2, 0.25) is 0 Å². The van der Waals surface area contributed by atoms with Gasteiger partial charge in [0.1, 0.15) is 0 Å². The summed E-state index contributed by atoms with van der Waals surface area (Å²) >= 11 is 6.31. The zero-order valence-electron chi connectivity index (χ0n) is 14.8. The fourth-order valence-electron chi connectivity index (χ4n) is 3.40. The van der Waals surface area contributed by atoms with Gasteiger partial charge >= 0.3 is 0 Å². The monoisotopic (exact) mass is 366 g/mol. The molecule has 4 rings (SSSR count). The van der Waals surface area contributed by atoms with Crippen molar-refractivity contribution in [2.24, 2.45) is 5.73 Å². The summed E-state index contributed by atoms with van der Waals surface area (Å²) in [6.07, 6.45) is 5.08. The lowest BCUT2D eigenvalue weighted by atomic mass is 10.0. The maximum Gasteiger partial charge on any atom is 0.0496 e. The Hall–Kier alpha value is -2.43. The van der Waals surface area contributed by atoms with Gasteiger partial charge in [-0.1, -0.05) is 23.8 Å². The van der Waals surface area contributed by atoms with Crippen LogP contribution < -0.4 is 16.4 Å². The molecule has 0 fully saturated rings. The molecule has 0 saturated heterocycles. The summed E-state index contributed by atoms with van der Waals surface area (Å²) in [4.78, 5) is 3.48. The minimum Gasteiger partial charge on any atom is -0.384 e. The SMILES string of the molecule is CC1=C(Cl)CC(Nc2ccc3[nH]c4ccc(NCCN)cc4c3c2)C=C1. The van der Waals surface area contributed by atoms with Crippen molar-refractivity contribution in [1.29, 1.82) is 0 Å². The number of aromatic amines is 1. The molecular formula is C21H23ClN4. The first kappa shape index (κ1) is 17.0. The average Bonchev–Trinajstić information content (AvgIpc) is 3.00. The van der Waals surface area contributed by atoms with Crippen LogP contribution in [0.25, 0.3) is 21.8 Å². The van der Waals surface area contributed by atoms with Crippen molar-refractivity contribution in [3.05, 3.63) is 59.2 Å². The number of hydrogen-bond acceptors (Lipinski definition) is 3. The molecule has 0 saturated carbocycles. The van der Waals surface area contributed by atoms with Crippen LogP contribution in [-0.4, -0.2) is 24.1 Å². The van der Waals surface area contributed by atoms with Crippen LogP contribution in [0, 0.1) is 0 Å². The molecule has 0 aliphatic heterocycles. The standard InChI is InChI=1S/C21H23ClN4/c1-13-2-3-16(12-19(13)22)25-15-5-7-21-18(11-15)17-10-14(24-9-8-23)4-6-20(17)26-21/h2-7,10-11,16,24-26H,8-9,12,23H2,1H3. The molecule has 1 unspecified atom stereocenters. The van der Waals surface area contributed by atoms with Crippen molar-refractivity contribution < 1.29 is 0 Å². The first-order valence-electron chi connectivity index (χ1n) is 8.93. The molecule has 2 aromatic carbocycles. The van der Waals surface area contributed by atoms with E-state index in [1.54, 1.807) is 0 Å². The molecule has 0 bridgehead atoms. The fraction of sp³-hybridized carbons (Fsp3) is 0.238. The van der Waals surface area contributed by atoms with Gasteiger partial charge in [-0.3, -0.25) is 0 Å². The minimum absolute atomic E-state index is 0.218. The maximum absolute atomic E-state index is 6.31. The largest absolute Gasteiger partial charge is 0.384 e. The molecule has 3 aromatic rings. The van der Waals surface area contributed by atoms with E-state index in [0.29, 0.717) is 6.54 Å². The van der Waals surface area contributed by atoms with Gasteiger partial charge in [0.25, 0.3) is 0 Å². The van der Waals surface area contributed by atoms with E-state index in [9.17, 15) is 0 Å². The van der Waals surface area contributed by atoms with Crippen molar-refractivity contribution in [2.45, 2.75) is 19.4 Å². The van der Waals surface area contributed by atoms with Gasteiger partial charge in [0, 0.05) is 63.8 Å². The molecule has 5 heteroatoms. The smallest absolute Gasteiger partial charge is 0.0496 e. The molecule has 134 valence electrons. The molecule has 1 aromatic heterocycles. The van der Waals surface area contributed by atoms with Gasteiger partial charge in [0.05, 0.1) is 0 Å². The Morgan fingerprint density at radius 2 is 1.81 bits per heavy atom. The Morgan fingerprint density at radius 3 is 2.50 bits per heavy atom. The van der Waals surface area contributed by atoms with Crippen LogP contribution in [0.5, 0.6) is 0 Å². The number of rotatable bonds is 5. The number of nitrogens with two attached hydrogens (primary N) is 1. The third-order valence-corrected chi connectivity index (χ3v) is 5.28. The first-order chi connectivity index (χ1) is 12.6. The van der Waals surface area contributed by atoms with Crippen LogP contribution in [0.1, 0.15) is 13.3 Å². The van der Waals surface area contributed by atoms with Crippen LogP contribution in [0.2, 0.25) is 0 Å². The molecular weight excluding hydrogens is 344 g/mol. The zero-order valence-corrected chi connectivity index (χ0v) is 15.5. The number of aromatic nitrogens is 1. The molecule has 0 radical (unpaired) electrons. The second kappa shape index (κ2) is 7.06. The van der Waals surface area contributed by atoms with E-state index >= 15 is 0 Å². The lowest BCUT2D eigenvalue weighted by Crippen LogP contribution is -2.19. The van der Waals surface area contributed by atoms with Gasteiger partial charge in [-0.2, -0.15) is 0 Å². The molecule has 1 heterocycles. The summed E-state index contributed by atoms with van der Waals surface area (Å²) in [5, 5.41) is 10.3. The molecule has 4 nitrogen and oxygen atoms in total. The molecule has 1 atom stereocenters. The van der Waals surface area contributed by atoms with E-state index in [0.717, 1.165) is 46.0 Å². The van der Waals surface area contributed by atoms with Gasteiger partial charge in [-0.15, -0.1) is 0 Å². The summed E-state index contributed by atoms with van der Waals surface area (Å²) < 4.78 is 0. The quantitative estimate of drug-likeness (QED) is 0.516. The van der Waals surface area contributed by atoms with Gasteiger partial charge in [0.15, 0.2) is 0 Å². The number of benzene rings is 2. The second-order valence-corrected chi connectivity index (χ2v) is 7.22. The number of hydrogen-bond donors (Lipinski definition) is 4. The van der Waals surface area contributed by atoms with E-state index in [1.165, 1.54) is 10.8 Å². The highest BCUT2D eigenvalue weighted by Gasteiger charge is 2.13. The van der Waals surface area contributed by atoms with Crippen molar-refractivity contribution >= 4 is 44.8 Å². The summed E-state index contributed by atoms with van der Waals surface area (Å²) in [5.41, 5.74) is 11.2. The average molecular weight is 367 g/mol. The zero-order chi connectivity index (χ0) is 18.1. The molecule has 5 N–H and O–H groups in total. The van der Waals surface area contributed by atoms with Gasteiger partial charge < -0.3 is 21.4 Å².